The Morgan fingerprint density at radius 2 is 1.94 bits per heavy atom. The fourth-order valence-electron chi connectivity index (χ4n) is 1.35. The zero-order valence-electron chi connectivity index (χ0n) is 11.8. The van der Waals surface area contributed by atoms with Crippen molar-refractivity contribution in [2.24, 2.45) is 0 Å². The fraction of sp³-hybridized carbons (Fsp3) is 0.923. The van der Waals surface area contributed by atoms with Crippen molar-refractivity contribution < 1.29 is 14.3 Å². The Balaban J connectivity index is 4.05. The Morgan fingerprint density at radius 3 is 2.41 bits per heavy atom. The van der Waals surface area contributed by atoms with E-state index in [0.29, 0.717) is 19.6 Å². The molecule has 0 aliphatic carbocycles. The first-order valence-electron chi connectivity index (χ1n) is 6.44. The highest BCUT2D eigenvalue weighted by molar-refractivity contribution is 5.75. The predicted octanol–water partition coefficient (Wildman–Crippen LogP) is 2.12. The van der Waals surface area contributed by atoms with Gasteiger partial charge >= 0.3 is 5.97 Å². The van der Waals surface area contributed by atoms with E-state index >= 15 is 0 Å². The monoisotopic (exact) mass is 245 g/mol. The molecule has 0 aromatic rings. The van der Waals surface area contributed by atoms with E-state index in [4.69, 9.17) is 9.47 Å². The maximum atomic E-state index is 11.7. The molecule has 4 nitrogen and oxygen atoms in total. The van der Waals surface area contributed by atoms with E-state index in [-0.39, 0.29) is 17.6 Å². The van der Waals surface area contributed by atoms with Crippen molar-refractivity contribution in [1.29, 1.82) is 0 Å². The Kier molecular flexibility index (Phi) is 8.17. The molecule has 0 bridgehead atoms. The average Bonchev–Trinajstić information content (AvgIpc) is 2.21. The van der Waals surface area contributed by atoms with Gasteiger partial charge in [0.1, 0.15) is 6.04 Å². The van der Waals surface area contributed by atoms with E-state index in [0.717, 1.165) is 13.0 Å². The molecule has 0 fully saturated rings. The van der Waals surface area contributed by atoms with Crippen molar-refractivity contribution in [1.82, 2.24) is 5.32 Å². The number of hydrogen-bond acceptors (Lipinski definition) is 4. The molecule has 0 aromatic carbocycles. The summed E-state index contributed by atoms with van der Waals surface area (Å²) in [5, 5.41) is 3.19. The number of ether oxygens (including phenoxy) is 2. The van der Waals surface area contributed by atoms with Crippen molar-refractivity contribution >= 4 is 5.97 Å². The van der Waals surface area contributed by atoms with Crippen LogP contribution >= 0.6 is 0 Å². The predicted molar refractivity (Wildman–Crippen MR) is 69.0 cm³/mol. The second kappa shape index (κ2) is 8.48. The van der Waals surface area contributed by atoms with E-state index in [1.807, 2.05) is 27.7 Å². The highest BCUT2D eigenvalue weighted by Crippen LogP contribution is 2.08. The van der Waals surface area contributed by atoms with Crippen LogP contribution in [0.1, 0.15) is 47.5 Å². The molecule has 1 atom stereocenters. The fourth-order valence-corrected chi connectivity index (χ4v) is 1.35. The molecule has 0 aliphatic heterocycles. The Morgan fingerprint density at radius 1 is 1.29 bits per heavy atom. The number of carbonyl (C=O) groups excluding carboxylic acids is 1. The molecule has 0 saturated heterocycles. The van der Waals surface area contributed by atoms with Crippen LogP contribution < -0.4 is 5.32 Å². The Bertz CT molecular complexity index is 211. The van der Waals surface area contributed by atoms with Crippen molar-refractivity contribution in [2.45, 2.75) is 59.1 Å². The van der Waals surface area contributed by atoms with Crippen LogP contribution in [-0.4, -0.2) is 37.4 Å². The molecule has 0 aromatic heterocycles. The number of carbonyl (C=O) groups is 1. The first kappa shape index (κ1) is 16.4. The molecule has 17 heavy (non-hydrogen) atoms. The SMILES string of the molecule is CCCNC(CCOC(C)(C)C)C(=O)OCC. The molecule has 1 unspecified atom stereocenters. The van der Waals surface area contributed by atoms with Crippen LogP contribution in [0.4, 0.5) is 0 Å². The molecule has 0 amide bonds. The van der Waals surface area contributed by atoms with Crippen LogP contribution in [0.25, 0.3) is 0 Å². The maximum absolute atomic E-state index is 11.7. The second-order valence-electron chi connectivity index (χ2n) is 5.01. The first-order valence-corrected chi connectivity index (χ1v) is 6.44. The van der Waals surface area contributed by atoms with Crippen LogP contribution in [0.5, 0.6) is 0 Å². The summed E-state index contributed by atoms with van der Waals surface area (Å²) in [7, 11) is 0. The van der Waals surface area contributed by atoms with Gasteiger partial charge in [-0.1, -0.05) is 6.92 Å². The van der Waals surface area contributed by atoms with Gasteiger partial charge in [0.15, 0.2) is 0 Å². The van der Waals surface area contributed by atoms with Crippen molar-refractivity contribution in [3.63, 3.8) is 0 Å². The van der Waals surface area contributed by atoms with Crippen LogP contribution in [0.2, 0.25) is 0 Å². The van der Waals surface area contributed by atoms with Gasteiger partial charge in [0.25, 0.3) is 0 Å². The smallest absolute Gasteiger partial charge is 0.323 e. The highest BCUT2D eigenvalue weighted by Gasteiger charge is 2.20. The molecule has 0 rings (SSSR count). The summed E-state index contributed by atoms with van der Waals surface area (Å²) in [6, 6.07) is -0.253. The molecule has 4 heteroatoms. The zero-order chi connectivity index (χ0) is 13.3. The van der Waals surface area contributed by atoms with Crippen LogP contribution in [0.3, 0.4) is 0 Å². The minimum atomic E-state index is -0.253. The third-order valence-electron chi connectivity index (χ3n) is 2.15. The molecule has 102 valence electrons. The second-order valence-corrected chi connectivity index (χ2v) is 5.01. The Labute approximate surface area is 105 Å². The van der Waals surface area contributed by atoms with Gasteiger partial charge in [-0.05, 0) is 47.1 Å². The minimum absolute atomic E-state index is 0.163. The van der Waals surface area contributed by atoms with Crippen LogP contribution in [0.15, 0.2) is 0 Å². The van der Waals surface area contributed by atoms with Crippen LogP contribution in [0, 0.1) is 0 Å². The van der Waals surface area contributed by atoms with E-state index < -0.39 is 0 Å². The third-order valence-corrected chi connectivity index (χ3v) is 2.15. The summed E-state index contributed by atoms with van der Waals surface area (Å²) in [4.78, 5) is 11.7. The molecular formula is C13H27NO3. The highest BCUT2D eigenvalue weighted by atomic mass is 16.5. The zero-order valence-corrected chi connectivity index (χ0v) is 11.8. The molecule has 0 heterocycles. The lowest BCUT2D eigenvalue weighted by Crippen LogP contribution is -2.40. The number of nitrogens with one attached hydrogen (secondary N) is 1. The summed E-state index contributed by atoms with van der Waals surface area (Å²) in [6.07, 6.45) is 1.64. The van der Waals surface area contributed by atoms with E-state index in [1.54, 1.807) is 0 Å². The van der Waals surface area contributed by atoms with Gasteiger partial charge in [-0.25, -0.2) is 0 Å². The van der Waals surface area contributed by atoms with Gasteiger partial charge in [-0.3, -0.25) is 4.79 Å². The topological polar surface area (TPSA) is 47.6 Å². The minimum Gasteiger partial charge on any atom is -0.465 e. The standard InChI is InChI=1S/C13H27NO3/c1-6-9-14-11(12(15)16-7-2)8-10-17-13(3,4)5/h11,14H,6-10H2,1-5H3. The van der Waals surface area contributed by atoms with Crippen LogP contribution in [-0.2, 0) is 14.3 Å². The number of rotatable bonds is 8. The van der Waals surface area contributed by atoms with Crippen molar-refractivity contribution in [2.75, 3.05) is 19.8 Å². The van der Waals surface area contributed by atoms with Gasteiger partial charge < -0.3 is 14.8 Å². The molecular weight excluding hydrogens is 218 g/mol. The van der Waals surface area contributed by atoms with Gasteiger partial charge in [0, 0.05) is 6.61 Å². The van der Waals surface area contributed by atoms with Crippen molar-refractivity contribution in [3.05, 3.63) is 0 Å². The largest absolute Gasteiger partial charge is 0.465 e. The van der Waals surface area contributed by atoms with Gasteiger partial charge in [-0.15, -0.1) is 0 Å². The molecule has 0 aliphatic rings. The summed E-state index contributed by atoms with van der Waals surface area (Å²) in [6.45, 7) is 11.7. The van der Waals surface area contributed by atoms with Crippen molar-refractivity contribution in [3.8, 4) is 0 Å². The Hall–Kier alpha value is -0.610. The average molecular weight is 245 g/mol. The lowest BCUT2D eigenvalue weighted by molar-refractivity contribution is -0.146. The first-order chi connectivity index (χ1) is 7.90. The normalized spacial score (nSPS) is 13.5. The van der Waals surface area contributed by atoms with E-state index in [1.165, 1.54) is 0 Å². The van der Waals surface area contributed by atoms with E-state index in [2.05, 4.69) is 12.2 Å². The van der Waals surface area contributed by atoms with Gasteiger partial charge in [-0.2, -0.15) is 0 Å². The molecule has 0 spiro atoms. The maximum Gasteiger partial charge on any atom is 0.323 e. The lowest BCUT2D eigenvalue weighted by atomic mass is 10.1. The van der Waals surface area contributed by atoms with Gasteiger partial charge in [0.2, 0.25) is 0 Å². The molecule has 0 saturated carbocycles. The lowest BCUT2D eigenvalue weighted by Gasteiger charge is -2.22. The summed E-state index contributed by atoms with van der Waals surface area (Å²) >= 11 is 0. The summed E-state index contributed by atoms with van der Waals surface area (Å²) in [5.74, 6) is -0.182. The summed E-state index contributed by atoms with van der Waals surface area (Å²) in [5.41, 5.74) is -0.163. The third kappa shape index (κ3) is 9.12. The quantitative estimate of drug-likeness (QED) is 0.665. The molecule has 0 radical (unpaired) electrons. The number of hydrogen-bond donors (Lipinski definition) is 1. The molecule has 1 N–H and O–H groups in total. The summed E-state index contributed by atoms with van der Waals surface area (Å²) < 4.78 is 10.6. The number of esters is 1. The van der Waals surface area contributed by atoms with Gasteiger partial charge in [0.05, 0.1) is 12.2 Å². The van der Waals surface area contributed by atoms with E-state index in [9.17, 15) is 4.79 Å².